The second-order valence-corrected chi connectivity index (χ2v) is 12.4. The molecule has 0 saturated carbocycles. The lowest BCUT2D eigenvalue weighted by atomic mass is 9.67. The highest BCUT2D eigenvalue weighted by Crippen LogP contribution is 2.45. The van der Waals surface area contributed by atoms with Crippen LogP contribution in [0.3, 0.4) is 0 Å². The number of morpholine rings is 1. The summed E-state index contributed by atoms with van der Waals surface area (Å²) in [6.45, 7) is 9.77. The fourth-order valence-corrected chi connectivity index (χ4v) is 6.70. The first kappa shape index (κ1) is 28.9. The highest BCUT2D eigenvalue weighted by molar-refractivity contribution is 6.30. The number of carbonyl (C=O) groups is 2. The van der Waals surface area contributed by atoms with E-state index in [1.54, 1.807) is 6.92 Å². The Morgan fingerprint density at radius 3 is 2.39 bits per heavy atom. The van der Waals surface area contributed by atoms with E-state index in [9.17, 15) is 14.7 Å². The first-order chi connectivity index (χ1) is 17.9. The molecule has 38 heavy (non-hydrogen) atoms. The lowest BCUT2D eigenvalue weighted by molar-refractivity contribution is -0.147. The molecule has 206 valence electrons. The topological polar surface area (TPSA) is 78.9 Å². The van der Waals surface area contributed by atoms with Gasteiger partial charge in [-0.15, -0.1) is 0 Å². The van der Waals surface area contributed by atoms with Crippen LogP contribution in [0.5, 0.6) is 0 Å². The number of nitrogens with one attached hydrogen (secondary N) is 1. The molecule has 0 radical (unpaired) electrons. The average molecular weight is 562 g/mol. The summed E-state index contributed by atoms with van der Waals surface area (Å²) in [5.74, 6) is -1.16. The summed E-state index contributed by atoms with van der Waals surface area (Å²) in [6, 6.07) is 15.7. The maximum absolute atomic E-state index is 13.3. The molecule has 2 saturated heterocycles. The summed E-state index contributed by atoms with van der Waals surface area (Å²) in [6.07, 6.45) is 1.27. The van der Waals surface area contributed by atoms with Crippen molar-refractivity contribution in [3.05, 3.63) is 69.7 Å². The van der Waals surface area contributed by atoms with Gasteiger partial charge in [0.25, 0.3) is 0 Å². The number of ether oxygens (including phenoxy) is 1. The van der Waals surface area contributed by atoms with Crippen molar-refractivity contribution in [2.75, 3.05) is 13.1 Å². The van der Waals surface area contributed by atoms with Crippen LogP contribution in [0.2, 0.25) is 10.0 Å². The van der Waals surface area contributed by atoms with E-state index in [4.69, 9.17) is 27.9 Å². The van der Waals surface area contributed by atoms with Crippen LogP contribution in [-0.4, -0.2) is 53.2 Å². The Labute approximate surface area is 235 Å². The second kappa shape index (κ2) is 12.0. The number of amides is 1. The van der Waals surface area contributed by atoms with E-state index in [1.807, 2.05) is 36.4 Å². The summed E-state index contributed by atoms with van der Waals surface area (Å²) in [5.41, 5.74) is 1.20. The Balaban J connectivity index is 1.66. The number of hydrogen-bond donors (Lipinski definition) is 2. The minimum absolute atomic E-state index is 0.0702. The van der Waals surface area contributed by atoms with Gasteiger partial charge in [-0.25, -0.2) is 0 Å². The van der Waals surface area contributed by atoms with Crippen LogP contribution in [0.4, 0.5) is 0 Å². The number of benzene rings is 2. The van der Waals surface area contributed by atoms with Crippen molar-refractivity contribution in [3.63, 3.8) is 0 Å². The van der Waals surface area contributed by atoms with Crippen LogP contribution in [-0.2, 0) is 14.3 Å². The van der Waals surface area contributed by atoms with Crippen molar-refractivity contribution in [3.8, 4) is 0 Å². The number of piperidine rings is 1. The molecule has 2 aromatic carbocycles. The predicted octanol–water partition coefficient (Wildman–Crippen LogP) is 6.32. The molecular weight excluding hydrogens is 523 g/mol. The molecule has 6 nitrogen and oxygen atoms in total. The third-order valence-corrected chi connectivity index (χ3v) is 8.61. The maximum atomic E-state index is 13.3. The molecule has 7 unspecified atom stereocenters. The zero-order valence-corrected chi connectivity index (χ0v) is 24.0. The van der Waals surface area contributed by atoms with Gasteiger partial charge in [0.05, 0.1) is 24.0 Å². The van der Waals surface area contributed by atoms with Gasteiger partial charge in [0, 0.05) is 41.1 Å². The van der Waals surface area contributed by atoms with Crippen LogP contribution in [0.15, 0.2) is 48.5 Å². The summed E-state index contributed by atoms with van der Waals surface area (Å²) in [4.78, 5) is 27.5. The standard InChI is InChI=1S/C30H38Cl2N2O4/c1-18(12-26(21-8-10-23(31)11-9-21)34-16-19(2)38-20(3)17-34)28-25(22-6-5-7-24(32)13-22)14-30(4,15-27(35)36)29(37)33-28/h5-11,13,18-20,25-26,28H,12,14-17H2,1-4H3,(H,33,37)(H,35,36). The first-order valence-electron chi connectivity index (χ1n) is 13.4. The molecule has 0 spiro atoms. The van der Waals surface area contributed by atoms with Crippen molar-refractivity contribution >= 4 is 35.1 Å². The molecule has 2 N–H and O–H groups in total. The van der Waals surface area contributed by atoms with Crippen LogP contribution >= 0.6 is 23.2 Å². The van der Waals surface area contributed by atoms with Gasteiger partial charge in [-0.3, -0.25) is 14.5 Å². The van der Waals surface area contributed by atoms with Gasteiger partial charge in [-0.1, -0.05) is 61.3 Å². The van der Waals surface area contributed by atoms with Gasteiger partial charge < -0.3 is 15.2 Å². The Hall–Kier alpha value is -2.12. The van der Waals surface area contributed by atoms with Gasteiger partial charge in [-0.05, 0) is 68.0 Å². The molecule has 0 bridgehead atoms. The fourth-order valence-electron chi connectivity index (χ4n) is 6.37. The molecule has 1 amide bonds. The number of aliphatic carboxylic acids is 1. The largest absolute Gasteiger partial charge is 0.481 e. The maximum Gasteiger partial charge on any atom is 0.304 e. The first-order valence-corrected chi connectivity index (χ1v) is 14.1. The monoisotopic (exact) mass is 560 g/mol. The Morgan fingerprint density at radius 2 is 1.79 bits per heavy atom. The number of halogens is 2. The van der Waals surface area contributed by atoms with E-state index in [0.29, 0.717) is 16.5 Å². The van der Waals surface area contributed by atoms with Crippen molar-refractivity contribution in [2.45, 2.75) is 77.2 Å². The minimum atomic E-state index is -1.00. The van der Waals surface area contributed by atoms with Crippen LogP contribution in [0, 0.1) is 11.3 Å². The number of carboxylic acid groups (broad SMARTS) is 1. The lowest BCUT2D eigenvalue weighted by Crippen LogP contribution is -2.56. The minimum Gasteiger partial charge on any atom is -0.481 e. The summed E-state index contributed by atoms with van der Waals surface area (Å²) >= 11 is 12.6. The van der Waals surface area contributed by atoms with Crippen molar-refractivity contribution in [1.82, 2.24) is 10.2 Å². The predicted molar refractivity (Wildman–Crippen MR) is 151 cm³/mol. The van der Waals surface area contributed by atoms with Gasteiger partial charge >= 0.3 is 5.97 Å². The van der Waals surface area contributed by atoms with Crippen LogP contribution in [0.1, 0.15) is 70.0 Å². The van der Waals surface area contributed by atoms with Crippen molar-refractivity contribution in [2.24, 2.45) is 11.3 Å². The number of hydrogen-bond acceptors (Lipinski definition) is 4. The molecule has 2 heterocycles. The molecule has 2 aliphatic rings. The fraction of sp³-hybridized carbons (Fsp3) is 0.533. The van der Waals surface area contributed by atoms with Gasteiger partial charge in [-0.2, -0.15) is 0 Å². The lowest BCUT2D eigenvalue weighted by Gasteiger charge is -2.46. The summed E-state index contributed by atoms with van der Waals surface area (Å²) in [7, 11) is 0. The second-order valence-electron chi connectivity index (χ2n) is 11.5. The molecule has 2 fully saturated rings. The SMILES string of the molecule is CC1CN(C(CC(C)C2NC(=O)C(C)(CC(=O)O)CC2c2cccc(Cl)c2)c2ccc(Cl)cc2)CC(C)O1. The highest BCUT2D eigenvalue weighted by Gasteiger charge is 2.47. The molecule has 8 heteroatoms. The molecular formula is C30H38Cl2N2O4. The highest BCUT2D eigenvalue weighted by atomic mass is 35.5. The van der Waals surface area contributed by atoms with E-state index >= 15 is 0 Å². The van der Waals surface area contributed by atoms with Crippen molar-refractivity contribution in [1.29, 1.82) is 0 Å². The third-order valence-electron chi connectivity index (χ3n) is 8.12. The molecule has 2 aliphatic heterocycles. The number of carboxylic acids is 1. The van der Waals surface area contributed by atoms with Crippen LogP contribution < -0.4 is 5.32 Å². The Bertz CT molecular complexity index is 1130. The zero-order chi connectivity index (χ0) is 27.6. The van der Waals surface area contributed by atoms with E-state index in [2.05, 4.69) is 43.1 Å². The van der Waals surface area contributed by atoms with Crippen LogP contribution in [0.25, 0.3) is 0 Å². The smallest absolute Gasteiger partial charge is 0.304 e. The number of rotatable bonds is 8. The zero-order valence-electron chi connectivity index (χ0n) is 22.5. The van der Waals surface area contributed by atoms with Gasteiger partial charge in [0.15, 0.2) is 0 Å². The van der Waals surface area contributed by atoms with E-state index in [1.165, 1.54) is 5.56 Å². The molecule has 0 aliphatic carbocycles. The molecule has 4 rings (SSSR count). The van der Waals surface area contributed by atoms with E-state index in [0.717, 1.165) is 25.1 Å². The molecule has 7 atom stereocenters. The Kier molecular flexibility index (Phi) is 9.08. The quantitative estimate of drug-likeness (QED) is 0.394. The van der Waals surface area contributed by atoms with E-state index < -0.39 is 11.4 Å². The summed E-state index contributed by atoms with van der Waals surface area (Å²) < 4.78 is 6.02. The van der Waals surface area contributed by atoms with Gasteiger partial charge in [0.1, 0.15) is 0 Å². The Morgan fingerprint density at radius 1 is 1.13 bits per heavy atom. The third kappa shape index (κ3) is 6.71. The number of carbonyl (C=O) groups excluding carboxylic acids is 1. The number of nitrogens with zero attached hydrogens (tertiary/aromatic N) is 1. The van der Waals surface area contributed by atoms with Crippen molar-refractivity contribution < 1.29 is 19.4 Å². The average Bonchev–Trinajstić information content (AvgIpc) is 2.83. The normalized spacial score (nSPS) is 29.9. The summed E-state index contributed by atoms with van der Waals surface area (Å²) in [5, 5.41) is 14.1. The molecule has 2 aromatic rings. The molecule has 0 aromatic heterocycles. The van der Waals surface area contributed by atoms with E-state index in [-0.39, 0.29) is 48.5 Å². The van der Waals surface area contributed by atoms with Gasteiger partial charge in [0.2, 0.25) is 5.91 Å².